The number of carbonyl (C=O) groups is 1. The van der Waals surface area contributed by atoms with Gasteiger partial charge in [-0.1, -0.05) is 17.7 Å². The molecule has 30 heavy (non-hydrogen) atoms. The van der Waals surface area contributed by atoms with Crippen LogP contribution in [0, 0.1) is 6.92 Å². The van der Waals surface area contributed by atoms with Gasteiger partial charge in [0.05, 0.1) is 6.54 Å². The van der Waals surface area contributed by atoms with Gasteiger partial charge in [0.15, 0.2) is 0 Å². The maximum absolute atomic E-state index is 13.1. The maximum atomic E-state index is 13.1. The van der Waals surface area contributed by atoms with Crippen molar-refractivity contribution in [2.45, 2.75) is 11.8 Å². The average molecular weight is 448 g/mol. The van der Waals surface area contributed by atoms with Crippen molar-refractivity contribution in [2.75, 3.05) is 38.0 Å². The number of anilines is 1. The van der Waals surface area contributed by atoms with Crippen LogP contribution in [0.2, 0.25) is 5.02 Å². The third-order valence-corrected chi connectivity index (χ3v) is 7.62. The van der Waals surface area contributed by atoms with Crippen LogP contribution in [0.1, 0.15) is 5.56 Å². The molecule has 1 aliphatic heterocycles. The number of hydrogen-bond donors (Lipinski definition) is 2. The Hall–Kier alpha value is -2.46. The van der Waals surface area contributed by atoms with Crippen LogP contribution in [0.25, 0.3) is 11.0 Å². The highest BCUT2D eigenvalue weighted by Crippen LogP contribution is 2.25. The lowest BCUT2D eigenvalue weighted by Gasteiger charge is -2.33. The van der Waals surface area contributed by atoms with Crippen LogP contribution in [-0.4, -0.2) is 66.2 Å². The summed E-state index contributed by atoms with van der Waals surface area (Å²) in [4.78, 5) is 21.7. The van der Waals surface area contributed by atoms with Crippen molar-refractivity contribution in [1.29, 1.82) is 0 Å². The lowest BCUT2D eigenvalue weighted by Crippen LogP contribution is -2.50. The number of halogens is 1. The number of pyridine rings is 1. The highest BCUT2D eigenvalue weighted by atomic mass is 35.5. The van der Waals surface area contributed by atoms with Gasteiger partial charge in [-0.2, -0.15) is 4.31 Å². The molecule has 0 unspecified atom stereocenters. The van der Waals surface area contributed by atoms with Crippen LogP contribution in [0.15, 0.2) is 47.6 Å². The summed E-state index contributed by atoms with van der Waals surface area (Å²) in [5.41, 5.74) is 2.04. The molecule has 3 heterocycles. The van der Waals surface area contributed by atoms with Gasteiger partial charge in [-0.05, 0) is 36.8 Å². The van der Waals surface area contributed by atoms with Crippen LogP contribution in [0.4, 0.5) is 5.69 Å². The fourth-order valence-corrected chi connectivity index (χ4v) is 5.29. The molecule has 10 heteroatoms. The number of fused-ring (bicyclic) bond motifs is 1. The molecular formula is C20H22ClN5O3S. The van der Waals surface area contributed by atoms with E-state index in [-0.39, 0.29) is 17.3 Å². The van der Waals surface area contributed by atoms with Crippen LogP contribution < -0.4 is 5.32 Å². The first-order valence-corrected chi connectivity index (χ1v) is 11.4. The molecule has 2 N–H and O–H groups in total. The molecule has 0 spiro atoms. The summed E-state index contributed by atoms with van der Waals surface area (Å²) in [7, 11) is -3.64. The van der Waals surface area contributed by atoms with Crippen molar-refractivity contribution in [2.24, 2.45) is 0 Å². The number of nitrogens with zero attached hydrogens (tertiary/aromatic N) is 3. The summed E-state index contributed by atoms with van der Waals surface area (Å²) in [5, 5.41) is 4.05. The molecule has 1 aromatic carbocycles. The Labute approximate surface area is 179 Å². The van der Waals surface area contributed by atoms with E-state index < -0.39 is 10.0 Å². The highest BCUT2D eigenvalue weighted by Gasteiger charge is 2.31. The van der Waals surface area contributed by atoms with E-state index in [1.165, 1.54) is 10.5 Å². The molecule has 0 radical (unpaired) electrons. The van der Waals surface area contributed by atoms with E-state index in [1.54, 1.807) is 36.5 Å². The summed E-state index contributed by atoms with van der Waals surface area (Å²) in [5.74, 6) is -0.153. The van der Waals surface area contributed by atoms with Crippen molar-refractivity contribution >= 4 is 44.3 Å². The van der Waals surface area contributed by atoms with Gasteiger partial charge in [0.2, 0.25) is 15.9 Å². The number of benzene rings is 1. The number of aromatic amines is 1. The molecule has 158 valence electrons. The number of rotatable bonds is 5. The Morgan fingerprint density at radius 1 is 1.20 bits per heavy atom. The van der Waals surface area contributed by atoms with Crippen molar-refractivity contribution in [1.82, 2.24) is 19.2 Å². The second-order valence-electron chi connectivity index (χ2n) is 7.19. The lowest BCUT2D eigenvalue weighted by atomic mass is 10.2. The predicted octanol–water partition coefficient (Wildman–Crippen LogP) is 2.47. The molecular weight excluding hydrogens is 426 g/mol. The highest BCUT2D eigenvalue weighted by molar-refractivity contribution is 7.89. The Kier molecular flexibility index (Phi) is 5.79. The van der Waals surface area contributed by atoms with Gasteiger partial charge in [-0.15, -0.1) is 0 Å². The zero-order valence-corrected chi connectivity index (χ0v) is 18.0. The number of amides is 1. The molecule has 8 nitrogen and oxygen atoms in total. The maximum Gasteiger partial charge on any atom is 0.245 e. The van der Waals surface area contributed by atoms with Gasteiger partial charge < -0.3 is 10.3 Å². The van der Waals surface area contributed by atoms with Gasteiger partial charge in [0, 0.05) is 54.7 Å². The first kappa shape index (κ1) is 20.8. The number of hydrogen-bond acceptors (Lipinski definition) is 5. The molecule has 0 atom stereocenters. The first-order chi connectivity index (χ1) is 14.4. The van der Waals surface area contributed by atoms with E-state index >= 15 is 0 Å². The van der Waals surface area contributed by atoms with Crippen molar-refractivity contribution in [3.8, 4) is 0 Å². The average Bonchev–Trinajstić information content (AvgIpc) is 3.17. The molecule has 1 amide bonds. The van der Waals surface area contributed by atoms with Crippen LogP contribution in [0.3, 0.4) is 0 Å². The van der Waals surface area contributed by atoms with E-state index in [1.807, 2.05) is 11.8 Å². The predicted molar refractivity (Wildman–Crippen MR) is 116 cm³/mol. The second kappa shape index (κ2) is 8.35. The molecule has 0 aliphatic carbocycles. The fraction of sp³-hybridized carbons (Fsp3) is 0.300. The van der Waals surface area contributed by atoms with Gasteiger partial charge in [0.1, 0.15) is 10.5 Å². The van der Waals surface area contributed by atoms with Crippen LogP contribution in [0.5, 0.6) is 0 Å². The number of sulfonamides is 1. The van der Waals surface area contributed by atoms with E-state index in [4.69, 9.17) is 11.6 Å². The molecule has 1 fully saturated rings. The Morgan fingerprint density at radius 3 is 2.73 bits per heavy atom. The number of carbonyl (C=O) groups excluding carboxylic acids is 1. The SMILES string of the molecule is Cc1c(Cl)cccc1NC(=O)CN1CCN(S(=O)(=O)c2c[nH]c3ncccc23)CC1. The van der Waals surface area contributed by atoms with Gasteiger partial charge in [0.25, 0.3) is 0 Å². The number of H-pyrrole nitrogens is 1. The molecule has 0 bridgehead atoms. The summed E-state index contributed by atoms with van der Waals surface area (Å²) in [6.07, 6.45) is 3.10. The molecule has 1 saturated heterocycles. The molecule has 3 aromatic rings. The molecule has 2 aromatic heterocycles. The minimum absolute atomic E-state index is 0.153. The van der Waals surface area contributed by atoms with Gasteiger partial charge >= 0.3 is 0 Å². The summed E-state index contributed by atoms with van der Waals surface area (Å²) in [6, 6.07) is 8.82. The van der Waals surface area contributed by atoms with Gasteiger partial charge in [-0.25, -0.2) is 13.4 Å². The van der Waals surface area contributed by atoms with Crippen molar-refractivity contribution < 1.29 is 13.2 Å². The second-order valence-corrected chi connectivity index (χ2v) is 9.51. The Balaban J connectivity index is 1.38. The smallest absolute Gasteiger partial charge is 0.245 e. The largest absolute Gasteiger partial charge is 0.345 e. The number of nitrogens with one attached hydrogen (secondary N) is 2. The monoisotopic (exact) mass is 447 g/mol. The zero-order valence-electron chi connectivity index (χ0n) is 16.4. The zero-order chi connectivity index (χ0) is 21.3. The van der Waals surface area contributed by atoms with Crippen molar-refractivity contribution in [3.63, 3.8) is 0 Å². The van der Waals surface area contributed by atoms with Crippen LogP contribution >= 0.6 is 11.6 Å². The molecule has 0 saturated carbocycles. The molecule has 1 aliphatic rings. The lowest BCUT2D eigenvalue weighted by molar-refractivity contribution is -0.117. The minimum Gasteiger partial charge on any atom is -0.345 e. The summed E-state index contributed by atoms with van der Waals surface area (Å²) >= 11 is 6.10. The van der Waals surface area contributed by atoms with E-state index in [0.29, 0.717) is 47.9 Å². The number of aromatic nitrogens is 2. The van der Waals surface area contributed by atoms with Crippen molar-refractivity contribution in [3.05, 3.63) is 53.3 Å². The number of piperazine rings is 1. The quantitative estimate of drug-likeness (QED) is 0.626. The summed E-state index contributed by atoms with van der Waals surface area (Å²) in [6.45, 7) is 3.62. The van der Waals surface area contributed by atoms with Gasteiger partial charge in [-0.3, -0.25) is 9.69 Å². The van der Waals surface area contributed by atoms with E-state index in [0.717, 1.165) is 5.56 Å². The van der Waals surface area contributed by atoms with E-state index in [9.17, 15) is 13.2 Å². The normalized spacial score (nSPS) is 16.1. The Bertz CT molecular complexity index is 1190. The third kappa shape index (κ3) is 4.06. The topological polar surface area (TPSA) is 98.4 Å². The minimum atomic E-state index is -3.64. The van der Waals surface area contributed by atoms with Crippen LogP contribution in [-0.2, 0) is 14.8 Å². The molecule has 4 rings (SSSR count). The van der Waals surface area contributed by atoms with E-state index in [2.05, 4.69) is 15.3 Å². The summed E-state index contributed by atoms with van der Waals surface area (Å²) < 4.78 is 27.6. The standard InChI is InChI=1S/C20H22ClN5O3S/c1-14-16(21)5-2-6-17(14)24-19(27)13-25-8-10-26(11-9-25)30(28,29)18-12-23-20-15(18)4-3-7-22-20/h2-7,12H,8-11,13H2,1H3,(H,22,23)(H,24,27). The fourth-order valence-electron chi connectivity index (χ4n) is 3.55. The Morgan fingerprint density at radius 2 is 1.97 bits per heavy atom. The first-order valence-electron chi connectivity index (χ1n) is 9.56. The third-order valence-electron chi connectivity index (χ3n) is 5.27.